The van der Waals surface area contributed by atoms with Gasteiger partial charge < -0.3 is 19.5 Å². The first-order chi connectivity index (χ1) is 13.8. The fourth-order valence-corrected chi connectivity index (χ4v) is 3.00. The molecule has 0 aliphatic carbocycles. The summed E-state index contributed by atoms with van der Waals surface area (Å²) >= 11 is 0. The average Bonchev–Trinajstić information content (AvgIpc) is 2.74. The van der Waals surface area contributed by atoms with Crippen LogP contribution < -0.4 is 19.5 Å². The molecular formula is C23H21ClN2O3. The van der Waals surface area contributed by atoms with Crippen molar-refractivity contribution < 1.29 is 14.2 Å². The SMILES string of the molecule is COc1cc2nccc(Nc3cccc(Oc4ccccc4)c3)c2cc1OC.Cl. The predicted octanol–water partition coefficient (Wildman–Crippen LogP) is 6.21. The van der Waals surface area contributed by atoms with Crippen molar-refractivity contribution in [2.45, 2.75) is 0 Å². The van der Waals surface area contributed by atoms with Crippen LogP contribution in [0.25, 0.3) is 10.9 Å². The summed E-state index contributed by atoms with van der Waals surface area (Å²) in [6.07, 6.45) is 1.76. The molecule has 4 rings (SSSR count). The second-order valence-electron chi connectivity index (χ2n) is 6.15. The van der Waals surface area contributed by atoms with Gasteiger partial charge in [-0.05, 0) is 36.4 Å². The molecule has 29 heavy (non-hydrogen) atoms. The Balaban J connectivity index is 0.00000240. The van der Waals surface area contributed by atoms with E-state index in [4.69, 9.17) is 14.2 Å². The summed E-state index contributed by atoms with van der Waals surface area (Å²) in [6, 6.07) is 23.3. The maximum absolute atomic E-state index is 5.92. The fourth-order valence-electron chi connectivity index (χ4n) is 3.00. The van der Waals surface area contributed by atoms with Crippen LogP contribution >= 0.6 is 12.4 Å². The molecule has 148 valence electrons. The van der Waals surface area contributed by atoms with Crippen LogP contribution in [0.3, 0.4) is 0 Å². The molecule has 0 radical (unpaired) electrons. The van der Waals surface area contributed by atoms with E-state index in [1.807, 2.05) is 72.8 Å². The van der Waals surface area contributed by atoms with E-state index < -0.39 is 0 Å². The Hall–Kier alpha value is -3.44. The number of hydrogen-bond acceptors (Lipinski definition) is 5. The van der Waals surface area contributed by atoms with Gasteiger partial charge in [-0.2, -0.15) is 0 Å². The van der Waals surface area contributed by atoms with Gasteiger partial charge in [-0.3, -0.25) is 4.98 Å². The third-order valence-corrected chi connectivity index (χ3v) is 4.34. The summed E-state index contributed by atoms with van der Waals surface area (Å²) < 4.78 is 16.7. The zero-order valence-corrected chi connectivity index (χ0v) is 16.9. The lowest BCUT2D eigenvalue weighted by Crippen LogP contribution is -1.96. The Bertz CT molecular complexity index is 1100. The van der Waals surface area contributed by atoms with Gasteiger partial charge in [0, 0.05) is 35.1 Å². The monoisotopic (exact) mass is 408 g/mol. The number of nitrogens with one attached hydrogen (secondary N) is 1. The summed E-state index contributed by atoms with van der Waals surface area (Å²) in [5.74, 6) is 2.87. The molecule has 0 fully saturated rings. The number of ether oxygens (including phenoxy) is 3. The molecule has 4 aromatic rings. The molecule has 0 aliphatic rings. The van der Waals surface area contributed by atoms with Gasteiger partial charge in [-0.1, -0.05) is 24.3 Å². The molecular weight excluding hydrogens is 388 g/mol. The topological polar surface area (TPSA) is 52.6 Å². The largest absolute Gasteiger partial charge is 0.493 e. The minimum Gasteiger partial charge on any atom is -0.493 e. The standard InChI is InChI=1S/C23H20N2O3.ClH/c1-26-22-14-19-20(11-12-24-21(19)15-23(22)27-2)25-16-7-6-10-18(13-16)28-17-8-4-3-5-9-17;/h3-15H,1-2H3,(H,24,25);1H. The number of aromatic nitrogens is 1. The highest BCUT2D eigenvalue weighted by atomic mass is 35.5. The van der Waals surface area contributed by atoms with Crippen molar-refractivity contribution in [1.29, 1.82) is 0 Å². The Morgan fingerprint density at radius 3 is 2.24 bits per heavy atom. The lowest BCUT2D eigenvalue weighted by atomic mass is 10.1. The minimum atomic E-state index is 0. The quantitative estimate of drug-likeness (QED) is 0.411. The smallest absolute Gasteiger partial charge is 0.162 e. The van der Waals surface area contributed by atoms with Gasteiger partial charge in [0.25, 0.3) is 0 Å². The Labute approximate surface area is 175 Å². The molecule has 0 amide bonds. The second-order valence-corrected chi connectivity index (χ2v) is 6.15. The summed E-state index contributed by atoms with van der Waals surface area (Å²) in [5.41, 5.74) is 2.65. The first kappa shape index (κ1) is 20.3. The number of nitrogens with zero attached hydrogens (tertiary/aromatic N) is 1. The molecule has 6 heteroatoms. The van der Waals surface area contributed by atoms with E-state index in [-0.39, 0.29) is 12.4 Å². The van der Waals surface area contributed by atoms with E-state index >= 15 is 0 Å². The van der Waals surface area contributed by atoms with E-state index in [0.29, 0.717) is 11.5 Å². The molecule has 0 saturated heterocycles. The van der Waals surface area contributed by atoms with Gasteiger partial charge in [-0.15, -0.1) is 12.4 Å². The molecule has 5 nitrogen and oxygen atoms in total. The van der Waals surface area contributed by atoms with E-state index in [9.17, 15) is 0 Å². The third-order valence-electron chi connectivity index (χ3n) is 4.34. The van der Waals surface area contributed by atoms with Crippen LogP contribution in [0.5, 0.6) is 23.0 Å². The molecule has 0 bridgehead atoms. The Kier molecular flexibility index (Phi) is 6.42. The number of halogens is 1. The molecule has 0 atom stereocenters. The molecule has 1 N–H and O–H groups in total. The molecule has 1 heterocycles. The molecule has 1 aromatic heterocycles. The highest BCUT2D eigenvalue weighted by molar-refractivity contribution is 5.95. The lowest BCUT2D eigenvalue weighted by molar-refractivity contribution is 0.356. The van der Waals surface area contributed by atoms with Crippen molar-refractivity contribution in [3.8, 4) is 23.0 Å². The van der Waals surface area contributed by atoms with Crippen LogP contribution in [-0.4, -0.2) is 19.2 Å². The Morgan fingerprint density at radius 1 is 0.759 bits per heavy atom. The van der Waals surface area contributed by atoms with Crippen LogP contribution in [0.1, 0.15) is 0 Å². The van der Waals surface area contributed by atoms with Gasteiger partial charge >= 0.3 is 0 Å². The molecule has 0 unspecified atom stereocenters. The van der Waals surface area contributed by atoms with Crippen LogP contribution in [0.15, 0.2) is 79.0 Å². The molecule has 0 spiro atoms. The van der Waals surface area contributed by atoms with Gasteiger partial charge in [0.15, 0.2) is 11.5 Å². The van der Waals surface area contributed by atoms with Crippen molar-refractivity contribution >= 4 is 34.7 Å². The summed E-state index contributed by atoms with van der Waals surface area (Å²) in [7, 11) is 3.24. The van der Waals surface area contributed by atoms with Crippen LogP contribution in [0.2, 0.25) is 0 Å². The van der Waals surface area contributed by atoms with Crippen molar-refractivity contribution in [3.05, 3.63) is 79.0 Å². The third kappa shape index (κ3) is 4.52. The number of pyridine rings is 1. The van der Waals surface area contributed by atoms with E-state index in [0.717, 1.165) is 33.8 Å². The predicted molar refractivity (Wildman–Crippen MR) is 118 cm³/mol. The van der Waals surface area contributed by atoms with E-state index in [1.165, 1.54) is 0 Å². The Morgan fingerprint density at radius 2 is 1.48 bits per heavy atom. The number of rotatable bonds is 6. The minimum absolute atomic E-state index is 0. The summed E-state index contributed by atoms with van der Waals surface area (Å²) in [5, 5.41) is 4.38. The van der Waals surface area contributed by atoms with Gasteiger partial charge in [0.05, 0.1) is 19.7 Å². The van der Waals surface area contributed by atoms with Gasteiger partial charge in [0.2, 0.25) is 0 Å². The maximum Gasteiger partial charge on any atom is 0.162 e. The van der Waals surface area contributed by atoms with Crippen molar-refractivity contribution in [3.63, 3.8) is 0 Å². The van der Waals surface area contributed by atoms with Crippen LogP contribution in [0.4, 0.5) is 11.4 Å². The van der Waals surface area contributed by atoms with Crippen molar-refractivity contribution in [1.82, 2.24) is 4.98 Å². The first-order valence-corrected chi connectivity index (χ1v) is 8.87. The van der Waals surface area contributed by atoms with Gasteiger partial charge in [-0.25, -0.2) is 0 Å². The maximum atomic E-state index is 5.92. The number of fused-ring (bicyclic) bond motifs is 1. The fraction of sp³-hybridized carbons (Fsp3) is 0.0870. The van der Waals surface area contributed by atoms with Crippen LogP contribution in [0, 0.1) is 0 Å². The highest BCUT2D eigenvalue weighted by Crippen LogP contribution is 2.35. The highest BCUT2D eigenvalue weighted by Gasteiger charge is 2.10. The normalized spacial score (nSPS) is 10.1. The van der Waals surface area contributed by atoms with Crippen molar-refractivity contribution in [2.24, 2.45) is 0 Å². The lowest BCUT2D eigenvalue weighted by Gasteiger charge is -2.13. The first-order valence-electron chi connectivity index (χ1n) is 8.87. The molecule has 3 aromatic carbocycles. The van der Waals surface area contributed by atoms with E-state index in [2.05, 4.69) is 10.3 Å². The number of anilines is 2. The average molecular weight is 409 g/mol. The number of benzene rings is 3. The van der Waals surface area contributed by atoms with Gasteiger partial charge in [0.1, 0.15) is 11.5 Å². The molecule has 0 aliphatic heterocycles. The summed E-state index contributed by atoms with van der Waals surface area (Å²) in [6.45, 7) is 0. The zero-order valence-electron chi connectivity index (χ0n) is 16.1. The summed E-state index contributed by atoms with van der Waals surface area (Å²) in [4.78, 5) is 4.44. The molecule has 0 saturated carbocycles. The number of hydrogen-bond donors (Lipinski definition) is 1. The van der Waals surface area contributed by atoms with Crippen molar-refractivity contribution in [2.75, 3.05) is 19.5 Å². The van der Waals surface area contributed by atoms with E-state index in [1.54, 1.807) is 20.4 Å². The van der Waals surface area contributed by atoms with Crippen LogP contribution in [-0.2, 0) is 0 Å². The number of para-hydroxylation sites is 1. The zero-order chi connectivity index (χ0) is 19.3. The second kappa shape index (κ2) is 9.17. The number of methoxy groups -OCH3 is 2.